The Kier molecular flexibility index (Phi) is 3.87. The Morgan fingerprint density at radius 1 is 1.20 bits per heavy atom. The van der Waals surface area contributed by atoms with E-state index in [1.165, 1.54) is 5.56 Å². The summed E-state index contributed by atoms with van der Waals surface area (Å²) in [6.45, 7) is 10.2. The van der Waals surface area contributed by atoms with E-state index in [4.69, 9.17) is 11.6 Å². The van der Waals surface area contributed by atoms with Crippen LogP contribution in [-0.4, -0.2) is 9.78 Å². The second-order valence-corrected chi connectivity index (χ2v) is 5.83. The van der Waals surface area contributed by atoms with E-state index in [0.717, 1.165) is 22.5 Å². The van der Waals surface area contributed by atoms with Gasteiger partial charge in [0.1, 0.15) is 11.6 Å². The molecule has 0 spiro atoms. The lowest BCUT2D eigenvalue weighted by atomic mass is 10.1. The molecule has 2 aromatic rings. The van der Waals surface area contributed by atoms with Gasteiger partial charge in [0.05, 0.1) is 11.4 Å². The van der Waals surface area contributed by atoms with Crippen molar-refractivity contribution in [2.24, 2.45) is 0 Å². The van der Waals surface area contributed by atoms with Crippen molar-refractivity contribution in [3.8, 4) is 11.8 Å². The maximum Gasteiger partial charge on any atom is 0.150 e. The molecule has 104 valence electrons. The first kappa shape index (κ1) is 14.6. The molecule has 0 saturated carbocycles. The predicted molar refractivity (Wildman–Crippen MR) is 81.6 cm³/mol. The molecule has 0 fully saturated rings. The van der Waals surface area contributed by atoms with Gasteiger partial charge in [-0.15, -0.1) is 0 Å². The zero-order valence-corrected chi connectivity index (χ0v) is 13.2. The predicted octanol–water partition coefficient (Wildman–Crippen LogP) is 4.45. The molecular weight excluding hydrogens is 270 g/mol. The van der Waals surface area contributed by atoms with Crippen molar-refractivity contribution in [1.29, 1.82) is 5.26 Å². The fraction of sp³-hybridized carbons (Fsp3) is 0.375. The molecule has 0 radical (unpaired) electrons. The second-order valence-electron chi connectivity index (χ2n) is 5.48. The summed E-state index contributed by atoms with van der Waals surface area (Å²) in [4.78, 5) is 0. The minimum atomic E-state index is 0.162. The molecule has 0 saturated heterocycles. The first-order valence-electron chi connectivity index (χ1n) is 6.63. The van der Waals surface area contributed by atoms with Gasteiger partial charge in [-0.2, -0.15) is 10.4 Å². The molecule has 1 aromatic carbocycles. The Bertz CT molecular complexity index is 682. The van der Waals surface area contributed by atoms with Crippen LogP contribution < -0.4 is 0 Å². The SMILES string of the molecule is Cc1cc(C)c(-n2nc(C(C)C)c(C#N)c2Cl)c(C)c1. The molecule has 0 amide bonds. The van der Waals surface area contributed by atoms with E-state index in [-0.39, 0.29) is 5.92 Å². The summed E-state index contributed by atoms with van der Waals surface area (Å²) in [6.07, 6.45) is 0. The van der Waals surface area contributed by atoms with Gasteiger partial charge in [-0.25, -0.2) is 4.68 Å². The number of aromatic nitrogens is 2. The third kappa shape index (κ3) is 2.32. The number of hydrogen-bond acceptors (Lipinski definition) is 2. The zero-order valence-electron chi connectivity index (χ0n) is 12.5. The zero-order chi connectivity index (χ0) is 15.0. The van der Waals surface area contributed by atoms with E-state index < -0.39 is 0 Å². The van der Waals surface area contributed by atoms with Crippen LogP contribution in [0.5, 0.6) is 0 Å². The van der Waals surface area contributed by atoms with Crippen LogP contribution in [0.15, 0.2) is 12.1 Å². The van der Waals surface area contributed by atoms with Crippen LogP contribution in [0.25, 0.3) is 5.69 Å². The fourth-order valence-corrected chi connectivity index (χ4v) is 2.84. The van der Waals surface area contributed by atoms with Crippen molar-refractivity contribution in [2.75, 3.05) is 0 Å². The highest BCUT2D eigenvalue weighted by molar-refractivity contribution is 6.31. The first-order chi connectivity index (χ1) is 9.36. The van der Waals surface area contributed by atoms with Gasteiger partial charge in [0.2, 0.25) is 0 Å². The number of hydrogen-bond donors (Lipinski definition) is 0. The minimum absolute atomic E-state index is 0.162. The topological polar surface area (TPSA) is 41.6 Å². The molecule has 1 heterocycles. The first-order valence-corrected chi connectivity index (χ1v) is 7.01. The molecule has 0 aliphatic carbocycles. The van der Waals surface area contributed by atoms with Crippen molar-refractivity contribution in [3.63, 3.8) is 0 Å². The fourth-order valence-electron chi connectivity index (χ4n) is 2.58. The van der Waals surface area contributed by atoms with E-state index in [0.29, 0.717) is 10.7 Å². The van der Waals surface area contributed by atoms with E-state index in [9.17, 15) is 5.26 Å². The third-order valence-corrected chi connectivity index (χ3v) is 3.71. The van der Waals surface area contributed by atoms with Crippen molar-refractivity contribution in [1.82, 2.24) is 9.78 Å². The summed E-state index contributed by atoms with van der Waals surface area (Å²) in [5.74, 6) is 0.162. The molecule has 0 unspecified atom stereocenters. The molecule has 0 bridgehead atoms. The van der Waals surface area contributed by atoms with Gasteiger partial charge in [0, 0.05) is 0 Å². The normalized spacial score (nSPS) is 10.9. The van der Waals surface area contributed by atoms with Crippen molar-refractivity contribution >= 4 is 11.6 Å². The maximum atomic E-state index is 9.30. The number of aryl methyl sites for hydroxylation is 3. The van der Waals surface area contributed by atoms with Crippen LogP contribution in [0.4, 0.5) is 0 Å². The highest BCUT2D eigenvalue weighted by Gasteiger charge is 2.21. The Balaban J connectivity index is 2.75. The highest BCUT2D eigenvalue weighted by atomic mass is 35.5. The highest BCUT2D eigenvalue weighted by Crippen LogP contribution is 2.30. The summed E-state index contributed by atoms with van der Waals surface area (Å²) in [5.41, 5.74) is 5.59. The number of nitrogens with zero attached hydrogens (tertiary/aromatic N) is 3. The molecule has 0 atom stereocenters. The Morgan fingerprint density at radius 3 is 2.15 bits per heavy atom. The molecule has 3 nitrogen and oxygen atoms in total. The molecule has 0 N–H and O–H groups in total. The number of nitriles is 1. The summed E-state index contributed by atoms with van der Waals surface area (Å²) in [5, 5.41) is 14.3. The van der Waals surface area contributed by atoms with Gasteiger partial charge in [-0.3, -0.25) is 0 Å². The van der Waals surface area contributed by atoms with E-state index in [1.54, 1.807) is 4.68 Å². The standard InChI is InChI=1S/C16H18ClN3/c1-9(2)14-13(8-18)16(17)20(19-14)15-11(4)6-10(3)7-12(15)5/h6-7,9H,1-5H3. The van der Waals surface area contributed by atoms with Crippen LogP contribution in [-0.2, 0) is 0 Å². The van der Waals surface area contributed by atoms with Gasteiger partial charge in [0.15, 0.2) is 5.15 Å². The quantitative estimate of drug-likeness (QED) is 0.819. The van der Waals surface area contributed by atoms with E-state index in [2.05, 4.69) is 30.2 Å². The molecule has 0 aliphatic heterocycles. The Hall–Kier alpha value is -1.79. The molecule has 2 rings (SSSR count). The van der Waals surface area contributed by atoms with Gasteiger partial charge in [0.25, 0.3) is 0 Å². The van der Waals surface area contributed by atoms with Gasteiger partial charge in [-0.05, 0) is 37.8 Å². The van der Waals surface area contributed by atoms with Gasteiger partial charge >= 0.3 is 0 Å². The van der Waals surface area contributed by atoms with Crippen LogP contribution >= 0.6 is 11.6 Å². The minimum Gasteiger partial charge on any atom is -0.220 e. The van der Waals surface area contributed by atoms with Crippen LogP contribution in [0.2, 0.25) is 5.15 Å². The Labute approximate surface area is 124 Å². The summed E-state index contributed by atoms with van der Waals surface area (Å²) < 4.78 is 1.69. The molecule has 4 heteroatoms. The monoisotopic (exact) mass is 287 g/mol. The number of rotatable bonds is 2. The maximum absolute atomic E-state index is 9.30. The number of benzene rings is 1. The lowest BCUT2D eigenvalue weighted by molar-refractivity contribution is 0.763. The van der Waals surface area contributed by atoms with Crippen LogP contribution in [0.1, 0.15) is 47.7 Å². The van der Waals surface area contributed by atoms with Crippen LogP contribution in [0.3, 0.4) is 0 Å². The average Bonchev–Trinajstić information content (AvgIpc) is 2.65. The molecule has 20 heavy (non-hydrogen) atoms. The molecule has 0 aliphatic rings. The number of halogens is 1. The average molecular weight is 288 g/mol. The lowest BCUT2D eigenvalue weighted by Crippen LogP contribution is -2.03. The van der Waals surface area contributed by atoms with Gasteiger partial charge in [-0.1, -0.05) is 43.1 Å². The lowest BCUT2D eigenvalue weighted by Gasteiger charge is -2.12. The largest absolute Gasteiger partial charge is 0.220 e. The summed E-state index contributed by atoms with van der Waals surface area (Å²) in [6, 6.07) is 6.37. The van der Waals surface area contributed by atoms with E-state index >= 15 is 0 Å². The Morgan fingerprint density at radius 2 is 1.75 bits per heavy atom. The van der Waals surface area contributed by atoms with Crippen LogP contribution in [0, 0.1) is 32.1 Å². The van der Waals surface area contributed by atoms with Crippen molar-refractivity contribution < 1.29 is 0 Å². The molecular formula is C16H18ClN3. The third-order valence-electron chi connectivity index (χ3n) is 3.36. The van der Waals surface area contributed by atoms with Crippen molar-refractivity contribution in [2.45, 2.75) is 40.5 Å². The van der Waals surface area contributed by atoms with Crippen molar-refractivity contribution in [3.05, 3.63) is 45.2 Å². The smallest absolute Gasteiger partial charge is 0.150 e. The summed E-state index contributed by atoms with van der Waals surface area (Å²) in [7, 11) is 0. The second kappa shape index (κ2) is 5.30. The van der Waals surface area contributed by atoms with Gasteiger partial charge < -0.3 is 0 Å². The van der Waals surface area contributed by atoms with E-state index in [1.807, 2.05) is 27.7 Å². The molecule has 1 aromatic heterocycles. The summed E-state index contributed by atoms with van der Waals surface area (Å²) >= 11 is 6.37.